The van der Waals surface area contributed by atoms with Crippen molar-refractivity contribution in [2.45, 2.75) is 12.5 Å². The topological polar surface area (TPSA) is 21.3 Å². The highest BCUT2D eigenvalue weighted by Gasteiger charge is 2.27. The van der Waals surface area contributed by atoms with Gasteiger partial charge in [0, 0.05) is 28.6 Å². The van der Waals surface area contributed by atoms with Crippen LogP contribution < -0.4 is 5.32 Å². The lowest BCUT2D eigenvalue weighted by molar-refractivity contribution is 0.178. The third-order valence-electron chi connectivity index (χ3n) is 3.04. The Morgan fingerprint density at radius 3 is 2.88 bits per heavy atom. The number of benzene rings is 1. The predicted octanol–water partition coefficient (Wildman–Crippen LogP) is 3.29. The van der Waals surface area contributed by atoms with Crippen molar-refractivity contribution in [3.63, 3.8) is 0 Å². The second kappa shape index (κ2) is 5.37. The van der Waals surface area contributed by atoms with E-state index in [0.717, 1.165) is 35.2 Å². The van der Waals surface area contributed by atoms with Crippen molar-refractivity contribution < 1.29 is 4.74 Å². The minimum atomic E-state index is 0.216. The molecule has 1 aliphatic rings. The van der Waals surface area contributed by atoms with Gasteiger partial charge in [0.25, 0.3) is 0 Å². The predicted molar refractivity (Wildman–Crippen MR) is 67.2 cm³/mol. The summed E-state index contributed by atoms with van der Waals surface area (Å²) in [4.78, 5) is 0. The van der Waals surface area contributed by atoms with Gasteiger partial charge in [0.2, 0.25) is 0 Å². The van der Waals surface area contributed by atoms with Crippen molar-refractivity contribution in [2.75, 3.05) is 20.3 Å². The Kier molecular flexibility index (Phi) is 4.09. The Labute approximate surface area is 106 Å². The molecule has 1 aliphatic heterocycles. The normalized spacial score (nSPS) is 22.3. The Morgan fingerprint density at radius 2 is 2.25 bits per heavy atom. The molecule has 1 aromatic carbocycles. The van der Waals surface area contributed by atoms with Crippen molar-refractivity contribution in [3.8, 4) is 0 Å². The molecule has 0 aliphatic carbocycles. The van der Waals surface area contributed by atoms with Gasteiger partial charge in [-0.05, 0) is 37.2 Å². The maximum Gasteiger partial charge on any atom is 0.0513 e. The van der Waals surface area contributed by atoms with Crippen molar-refractivity contribution in [1.82, 2.24) is 5.32 Å². The minimum absolute atomic E-state index is 0.216. The number of rotatable bonds is 3. The molecular weight excluding hydrogens is 245 g/mol. The third-order valence-corrected chi connectivity index (χ3v) is 3.62. The zero-order valence-corrected chi connectivity index (χ0v) is 10.7. The second-order valence-corrected chi connectivity index (χ2v) is 4.90. The SMILES string of the molecule is CNC(c1cc(Cl)ccc1Cl)C1CCOC1. The van der Waals surface area contributed by atoms with E-state index in [9.17, 15) is 0 Å². The van der Waals surface area contributed by atoms with Gasteiger partial charge in [0.05, 0.1) is 6.61 Å². The van der Waals surface area contributed by atoms with Gasteiger partial charge in [0.15, 0.2) is 0 Å². The lowest BCUT2D eigenvalue weighted by Crippen LogP contribution is -2.25. The molecule has 1 aromatic rings. The molecule has 0 amide bonds. The summed E-state index contributed by atoms with van der Waals surface area (Å²) in [6, 6.07) is 5.81. The fraction of sp³-hybridized carbons (Fsp3) is 0.500. The van der Waals surface area contributed by atoms with Crippen LogP contribution in [0.3, 0.4) is 0 Å². The first-order valence-corrected chi connectivity index (χ1v) is 6.18. The van der Waals surface area contributed by atoms with Crippen molar-refractivity contribution in [3.05, 3.63) is 33.8 Å². The van der Waals surface area contributed by atoms with Gasteiger partial charge in [-0.15, -0.1) is 0 Å². The summed E-state index contributed by atoms with van der Waals surface area (Å²) in [5.74, 6) is 0.473. The van der Waals surface area contributed by atoms with E-state index in [2.05, 4.69) is 5.32 Å². The molecule has 2 rings (SSSR count). The lowest BCUT2D eigenvalue weighted by Gasteiger charge is -2.23. The summed E-state index contributed by atoms with van der Waals surface area (Å²) in [5.41, 5.74) is 1.06. The molecule has 0 radical (unpaired) electrons. The van der Waals surface area contributed by atoms with Gasteiger partial charge in [-0.25, -0.2) is 0 Å². The smallest absolute Gasteiger partial charge is 0.0513 e. The second-order valence-electron chi connectivity index (χ2n) is 4.06. The highest BCUT2D eigenvalue weighted by molar-refractivity contribution is 6.33. The fourth-order valence-corrected chi connectivity index (χ4v) is 2.63. The number of nitrogens with one attached hydrogen (secondary N) is 1. The van der Waals surface area contributed by atoms with Crippen LogP contribution in [-0.4, -0.2) is 20.3 Å². The molecule has 0 bridgehead atoms. The first-order valence-electron chi connectivity index (χ1n) is 5.42. The van der Waals surface area contributed by atoms with Gasteiger partial charge >= 0.3 is 0 Å². The summed E-state index contributed by atoms with van der Waals surface area (Å²) in [7, 11) is 1.94. The van der Waals surface area contributed by atoms with Crippen LogP contribution in [0, 0.1) is 5.92 Å². The molecule has 16 heavy (non-hydrogen) atoms. The highest BCUT2D eigenvalue weighted by atomic mass is 35.5. The van der Waals surface area contributed by atoms with Crippen molar-refractivity contribution >= 4 is 23.2 Å². The number of hydrogen-bond donors (Lipinski definition) is 1. The van der Waals surface area contributed by atoms with Gasteiger partial charge in [-0.1, -0.05) is 23.2 Å². The van der Waals surface area contributed by atoms with E-state index in [0.29, 0.717) is 5.92 Å². The summed E-state index contributed by atoms with van der Waals surface area (Å²) in [6.45, 7) is 1.62. The standard InChI is InChI=1S/C12H15Cl2NO/c1-15-12(8-4-5-16-7-8)10-6-9(13)2-3-11(10)14/h2-3,6,8,12,15H,4-5,7H2,1H3. The van der Waals surface area contributed by atoms with E-state index in [-0.39, 0.29) is 6.04 Å². The van der Waals surface area contributed by atoms with E-state index in [1.165, 1.54) is 0 Å². The van der Waals surface area contributed by atoms with E-state index in [1.54, 1.807) is 0 Å². The summed E-state index contributed by atoms with van der Waals surface area (Å²) >= 11 is 12.2. The van der Waals surface area contributed by atoms with Crippen LogP contribution in [0.5, 0.6) is 0 Å². The lowest BCUT2D eigenvalue weighted by atomic mass is 9.92. The van der Waals surface area contributed by atoms with Crippen molar-refractivity contribution in [1.29, 1.82) is 0 Å². The van der Waals surface area contributed by atoms with E-state index in [4.69, 9.17) is 27.9 Å². The Hall–Kier alpha value is -0.280. The largest absolute Gasteiger partial charge is 0.381 e. The van der Waals surface area contributed by atoms with Crippen LogP contribution in [0.1, 0.15) is 18.0 Å². The minimum Gasteiger partial charge on any atom is -0.381 e. The van der Waals surface area contributed by atoms with Gasteiger partial charge in [-0.3, -0.25) is 0 Å². The highest BCUT2D eigenvalue weighted by Crippen LogP contribution is 2.34. The quantitative estimate of drug-likeness (QED) is 0.900. The first-order chi connectivity index (χ1) is 7.72. The number of ether oxygens (including phenoxy) is 1. The average molecular weight is 260 g/mol. The molecule has 0 aromatic heterocycles. The van der Waals surface area contributed by atoms with Crippen molar-refractivity contribution in [2.24, 2.45) is 5.92 Å². The average Bonchev–Trinajstić information content (AvgIpc) is 2.78. The molecule has 2 nitrogen and oxygen atoms in total. The molecule has 2 atom stereocenters. The van der Waals surface area contributed by atoms with Gasteiger partial charge in [-0.2, -0.15) is 0 Å². The summed E-state index contributed by atoms with van der Waals surface area (Å²) in [5, 5.41) is 4.79. The maximum atomic E-state index is 6.21. The molecule has 0 spiro atoms. The molecule has 0 saturated carbocycles. The van der Waals surface area contributed by atoms with E-state index >= 15 is 0 Å². The molecule has 1 heterocycles. The Bertz CT molecular complexity index is 364. The third kappa shape index (κ3) is 2.51. The van der Waals surface area contributed by atoms with E-state index < -0.39 is 0 Å². The van der Waals surface area contributed by atoms with Gasteiger partial charge in [0.1, 0.15) is 0 Å². The summed E-state index contributed by atoms with van der Waals surface area (Å²) < 4.78 is 5.42. The summed E-state index contributed by atoms with van der Waals surface area (Å²) in [6.07, 6.45) is 1.06. The zero-order valence-electron chi connectivity index (χ0n) is 9.17. The monoisotopic (exact) mass is 259 g/mol. The molecule has 2 unspecified atom stereocenters. The molecule has 1 N–H and O–H groups in total. The molecule has 4 heteroatoms. The van der Waals surface area contributed by atoms with Crippen LogP contribution in [0.25, 0.3) is 0 Å². The number of halogens is 2. The number of hydrogen-bond acceptors (Lipinski definition) is 2. The van der Waals surface area contributed by atoms with E-state index in [1.807, 2.05) is 25.2 Å². The Morgan fingerprint density at radius 1 is 1.44 bits per heavy atom. The van der Waals surface area contributed by atoms with Crippen LogP contribution in [0.2, 0.25) is 10.0 Å². The van der Waals surface area contributed by atoms with Crippen LogP contribution in [-0.2, 0) is 4.74 Å². The van der Waals surface area contributed by atoms with Crippen LogP contribution in [0.4, 0.5) is 0 Å². The molecule has 1 saturated heterocycles. The molecular formula is C12H15Cl2NO. The zero-order chi connectivity index (χ0) is 11.5. The van der Waals surface area contributed by atoms with Crippen LogP contribution in [0.15, 0.2) is 18.2 Å². The van der Waals surface area contributed by atoms with Crippen LogP contribution >= 0.6 is 23.2 Å². The fourth-order valence-electron chi connectivity index (χ4n) is 2.21. The Balaban J connectivity index is 2.28. The maximum absolute atomic E-state index is 6.21. The van der Waals surface area contributed by atoms with Gasteiger partial charge < -0.3 is 10.1 Å². The first kappa shape index (κ1) is 12.2. The molecule has 88 valence electrons. The molecule has 1 fully saturated rings.